The normalized spacial score (nSPS) is 17.5. The molecule has 0 aromatic heterocycles. The summed E-state index contributed by atoms with van der Waals surface area (Å²) < 4.78 is 26.7. The summed E-state index contributed by atoms with van der Waals surface area (Å²) in [7, 11) is 0. The summed E-state index contributed by atoms with van der Waals surface area (Å²) in [5.74, 6) is -1.06. The SMILES string of the molecule is CC(C)(CNCC1(CO)CC1)c1ccc(F)cc1F. The van der Waals surface area contributed by atoms with E-state index in [1.165, 1.54) is 12.1 Å². The molecular formula is C15H21F2NO. The van der Waals surface area contributed by atoms with Gasteiger partial charge in [0.25, 0.3) is 0 Å². The van der Waals surface area contributed by atoms with Gasteiger partial charge in [0, 0.05) is 36.6 Å². The molecule has 0 bridgehead atoms. The van der Waals surface area contributed by atoms with E-state index in [4.69, 9.17) is 0 Å². The highest BCUT2D eigenvalue weighted by Crippen LogP contribution is 2.44. The van der Waals surface area contributed by atoms with Crippen LogP contribution in [0.15, 0.2) is 18.2 Å². The van der Waals surface area contributed by atoms with Gasteiger partial charge in [-0.05, 0) is 24.5 Å². The zero-order valence-corrected chi connectivity index (χ0v) is 11.5. The number of halogens is 2. The van der Waals surface area contributed by atoms with Gasteiger partial charge in [0.1, 0.15) is 11.6 Å². The van der Waals surface area contributed by atoms with Gasteiger partial charge in [-0.2, -0.15) is 0 Å². The lowest BCUT2D eigenvalue weighted by atomic mass is 9.84. The van der Waals surface area contributed by atoms with E-state index in [1.54, 1.807) is 0 Å². The Morgan fingerprint density at radius 2 is 2.00 bits per heavy atom. The molecule has 4 heteroatoms. The molecular weight excluding hydrogens is 248 g/mol. The van der Waals surface area contributed by atoms with Gasteiger partial charge in [-0.15, -0.1) is 0 Å². The molecule has 1 aromatic rings. The molecule has 106 valence electrons. The minimum Gasteiger partial charge on any atom is -0.396 e. The Labute approximate surface area is 112 Å². The Morgan fingerprint density at radius 3 is 2.53 bits per heavy atom. The topological polar surface area (TPSA) is 32.3 Å². The Balaban J connectivity index is 1.97. The maximum absolute atomic E-state index is 13.8. The van der Waals surface area contributed by atoms with Crippen LogP contribution in [0.25, 0.3) is 0 Å². The van der Waals surface area contributed by atoms with E-state index in [0.717, 1.165) is 25.5 Å². The van der Waals surface area contributed by atoms with Crippen molar-refractivity contribution in [1.82, 2.24) is 5.32 Å². The summed E-state index contributed by atoms with van der Waals surface area (Å²) in [6.07, 6.45) is 2.09. The van der Waals surface area contributed by atoms with Crippen molar-refractivity contribution >= 4 is 0 Å². The summed E-state index contributed by atoms with van der Waals surface area (Å²) in [6, 6.07) is 3.72. The molecule has 2 nitrogen and oxygen atoms in total. The van der Waals surface area contributed by atoms with Crippen molar-refractivity contribution in [3.63, 3.8) is 0 Å². The van der Waals surface area contributed by atoms with E-state index in [-0.39, 0.29) is 12.0 Å². The van der Waals surface area contributed by atoms with Gasteiger partial charge < -0.3 is 10.4 Å². The molecule has 1 fully saturated rings. The minimum atomic E-state index is -0.553. The molecule has 0 aliphatic heterocycles. The molecule has 0 spiro atoms. The number of rotatable bonds is 6. The molecule has 19 heavy (non-hydrogen) atoms. The number of hydrogen-bond acceptors (Lipinski definition) is 2. The molecule has 0 unspecified atom stereocenters. The van der Waals surface area contributed by atoms with Crippen molar-refractivity contribution in [2.24, 2.45) is 5.41 Å². The van der Waals surface area contributed by atoms with Gasteiger partial charge in [0.15, 0.2) is 0 Å². The highest BCUT2D eigenvalue weighted by atomic mass is 19.1. The molecule has 0 amide bonds. The Bertz CT molecular complexity index is 455. The van der Waals surface area contributed by atoms with Gasteiger partial charge in [0.05, 0.1) is 0 Å². The first-order valence-corrected chi connectivity index (χ1v) is 6.66. The molecule has 0 radical (unpaired) electrons. The lowest BCUT2D eigenvalue weighted by molar-refractivity contribution is 0.205. The zero-order chi connectivity index (χ0) is 14.1. The van der Waals surface area contributed by atoms with Crippen LogP contribution < -0.4 is 5.32 Å². The highest BCUT2D eigenvalue weighted by Gasteiger charge is 2.41. The summed E-state index contributed by atoms with van der Waals surface area (Å²) >= 11 is 0. The highest BCUT2D eigenvalue weighted by molar-refractivity contribution is 5.26. The van der Waals surface area contributed by atoms with E-state index in [0.29, 0.717) is 12.1 Å². The van der Waals surface area contributed by atoms with Gasteiger partial charge in [-0.1, -0.05) is 19.9 Å². The largest absolute Gasteiger partial charge is 0.396 e. The first-order valence-electron chi connectivity index (χ1n) is 6.66. The van der Waals surface area contributed by atoms with Crippen molar-refractivity contribution in [3.8, 4) is 0 Å². The fourth-order valence-corrected chi connectivity index (χ4v) is 2.34. The number of hydrogen-bond donors (Lipinski definition) is 2. The van der Waals surface area contributed by atoms with Gasteiger partial charge in [-0.25, -0.2) is 8.78 Å². The monoisotopic (exact) mass is 269 g/mol. The van der Waals surface area contributed by atoms with Crippen molar-refractivity contribution in [2.75, 3.05) is 19.7 Å². The Morgan fingerprint density at radius 1 is 1.32 bits per heavy atom. The molecule has 2 N–H and O–H groups in total. The van der Waals surface area contributed by atoms with Crippen LogP contribution in [0.4, 0.5) is 8.78 Å². The second kappa shape index (κ2) is 5.17. The lowest BCUT2D eigenvalue weighted by Crippen LogP contribution is -2.37. The second-order valence-corrected chi connectivity index (χ2v) is 6.27. The summed E-state index contributed by atoms with van der Waals surface area (Å²) in [6.45, 7) is 5.39. The van der Waals surface area contributed by atoms with E-state index >= 15 is 0 Å². The van der Waals surface area contributed by atoms with Crippen LogP contribution in [-0.4, -0.2) is 24.8 Å². The number of aliphatic hydroxyl groups excluding tert-OH is 1. The Kier molecular flexibility index (Phi) is 3.92. The zero-order valence-electron chi connectivity index (χ0n) is 11.5. The molecule has 1 aliphatic carbocycles. The Hall–Kier alpha value is -1.00. The number of nitrogens with one attached hydrogen (secondary N) is 1. The van der Waals surface area contributed by atoms with E-state index in [1.807, 2.05) is 13.8 Å². The van der Waals surface area contributed by atoms with Crippen LogP contribution in [0.2, 0.25) is 0 Å². The maximum atomic E-state index is 13.8. The van der Waals surface area contributed by atoms with E-state index in [2.05, 4.69) is 5.32 Å². The third-order valence-corrected chi connectivity index (χ3v) is 4.02. The van der Waals surface area contributed by atoms with Crippen molar-refractivity contribution in [2.45, 2.75) is 32.1 Å². The summed E-state index contributed by atoms with van der Waals surface area (Å²) in [4.78, 5) is 0. The van der Waals surface area contributed by atoms with Crippen molar-refractivity contribution < 1.29 is 13.9 Å². The average molecular weight is 269 g/mol. The molecule has 0 atom stereocenters. The smallest absolute Gasteiger partial charge is 0.129 e. The predicted octanol–water partition coefficient (Wildman–Crippen LogP) is 2.60. The van der Waals surface area contributed by atoms with Crippen LogP contribution in [-0.2, 0) is 5.41 Å². The lowest BCUT2D eigenvalue weighted by Gasteiger charge is -2.27. The van der Waals surface area contributed by atoms with Gasteiger partial charge in [-0.3, -0.25) is 0 Å². The van der Waals surface area contributed by atoms with Gasteiger partial charge >= 0.3 is 0 Å². The predicted molar refractivity (Wildman–Crippen MR) is 71.0 cm³/mol. The summed E-state index contributed by atoms with van der Waals surface area (Å²) in [5, 5.41) is 12.5. The van der Waals surface area contributed by atoms with Crippen LogP contribution in [0, 0.1) is 17.0 Å². The standard InChI is InChI=1S/C15H21F2NO/c1-14(2,8-18-9-15(10-19)5-6-15)12-4-3-11(16)7-13(12)17/h3-4,7,18-19H,5-6,8-10H2,1-2H3. The first kappa shape index (κ1) is 14.4. The molecule has 1 aromatic carbocycles. The first-order chi connectivity index (χ1) is 8.88. The quantitative estimate of drug-likeness (QED) is 0.832. The fraction of sp³-hybridized carbons (Fsp3) is 0.600. The van der Waals surface area contributed by atoms with Crippen LogP contribution in [0.5, 0.6) is 0 Å². The van der Waals surface area contributed by atoms with E-state index in [9.17, 15) is 13.9 Å². The fourth-order valence-electron chi connectivity index (χ4n) is 2.34. The van der Waals surface area contributed by atoms with Crippen LogP contribution >= 0.6 is 0 Å². The van der Waals surface area contributed by atoms with Crippen molar-refractivity contribution in [1.29, 1.82) is 0 Å². The summed E-state index contributed by atoms with van der Waals surface area (Å²) in [5.41, 5.74) is 0.135. The maximum Gasteiger partial charge on any atom is 0.129 e. The third kappa shape index (κ3) is 3.31. The molecule has 1 saturated carbocycles. The molecule has 2 rings (SSSR count). The van der Waals surface area contributed by atoms with E-state index < -0.39 is 17.0 Å². The van der Waals surface area contributed by atoms with Crippen LogP contribution in [0.1, 0.15) is 32.3 Å². The molecule has 0 saturated heterocycles. The molecule has 0 heterocycles. The average Bonchev–Trinajstić information content (AvgIpc) is 3.09. The third-order valence-electron chi connectivity index (χ3n) is 4.02. The van der Waals surface area contributed by atoms with Crippen molar-refractivity contribution in [3.05, 3.63) is 35.4 Å². The van der Waals surface area contributed by atoms with Crippen LogP contribution in [0.3, 0.4) is 0 Å². The van der Waals surface area contributed by atoms with Gasteiger partial charge in [0.2, 0.25) is 0 Å². The minimum absolute atomic E-state index is 0.0391. The molecule has 1 aliphatic rings. The number of aliphatic hydroxyl groups is 1. The second-order valence-electron chi connectivity index (χ2n) is 6.27. The number of benzene rings is 1.